The van der Waals surface area contributed by atoms with Crippen LogP contribution in [0.25, 0.3) is 0 Å². The normalized spacial score (nSPS) is 13.4. The minimum Gasteiger partial charge on any atom is -0.385 e. The standard InChI is InChI=1S/C14H24N2O3S/c1-11-5-6-14(9-13(11)10-15-3)20(17,18)16-12(2)7-8-19-4/h5-6,9,12,15-16H,7-8,10H2,1-4H3. The molecule has 0 aliphatic heterocycles. The van der Waals surface area contributed by atoms with Crippen LogP contribution in [0.5, 0.6) is 0 Å². The Kier molecular flexibility index (Phi) is 6.61. The van der Waals surface area contributed by atoms with Crippen molar-refractivity contribution in [3.8, 4) is 0 Å². The highest BCUT2D eigenvalue weighted by molar-refractivity contribution is 7.89. The molecule has 0 aliphatic rings. The summed E-state index contributed by atoms with van der Waals surface area (Å²) in [6, 6.07) is 5.03. The molecule has 1 aromatic carbocycles. The lowest BCUT2D eigenvalue weighted by atomic mass is 10.1. The number of hydrogen-bond donors (Lipinski definition) is 2. The highest BCUT2D eigenvalue weighted by Gasteiger charge is 2.18. The van der Waals surface area contributed by atoms with Crippen molar-refractivity contribution >= 4 is 10.0 Å². The van der Waals surface area contributed by atoms with Gasteiger partial charge in [-0.3, -0.25) is 0 Å². The Morgan fingerprint density at radius 3 is 2.65 bits per heavy atom. The summed E-state index contributed by atoms with van der Waals surface area (Å²) < 4.78 is 32.2. The molecule has 0 bridgehead atoms. The van der Waals surface area contributed by atoms with E-state index >= 15 is 0 Å². The fraction of sp³-hybridized carbons (Fsp3) is 0.571. The van der Waals surface area contributed by atoms with E-state index in [1.165, 1.54) is 0 Å². The molecule has 6 heteroatoms. The van der Waals surface area contributed by atoms with E-state index in [0.29, 0.717) is 24.5 Å². The van der Waals surface area contributed by atoms with Gasteiger partial charge in [0, 0.05) is 26.3 Å². The summed E-state index contributed by atoms with van der Waals surface area (Å²) in [5.74, 6) is 0. The summed E-state index contributed by atoms with van der Waals surface area (Å²) in [6.45, 7) is 4.98. The Morgan fingerprint density at radius 2 is 2.05 bits per heavy atom. The van der Waals surface area contributed by atoms with Gasteiger partial charge in [-0.2, -0.15) is 0 Å². The lowest BCUT2D eigenvalue weighted by Gasteiger charge is -2.15. The molecule has 0 heterocycles. The number of methoxy groups -OCH3 is 1. The molecule has 0 fully saturated rings. The monoisotopic (exact) mass is 300 g/mol. The van der Waals surface area contributed by atoms with Gasteiger partial charge in [-0.1, -0.05) is 6.07 Å². The number of hydrogen-bond acceptors (Lipinski definition) is 4. The van der Waals surface area contributed by atoms with E-state index in [0.717, 1.165) is 11.1 Å². The second-order valence-electron chi connectivity index (χ2n) is 4.92. The lowest BCUT2D eigenvalue weighted by molar-refractivity contribution is 0.188. The van der Waals surface area contributed by atoms with Gasteiger partial charge in [0.05, 0.1) is 4.90 Å². The van der Waals surface area contributed by atoms with E-state index in [1.54, 1.807) is 19.2 Å². The summed E-state index contributed by atoms with van der Waals surface area (Å²) in [7, 11) is -0.0395. The number of aryl methyl sites for hydroxylation is 1. The van der Waals surface area contributed by atoms with Crippen LogP contribution in [-0.4, -0.2) is 35.2 Å². The highest BCUT2D eigenvalue weighted by Crippen LogP contribution is 2.16. The fourth-order valence-electron chi connectivity index (χ4n) is 1.88. The molecule has 0 saturated carbocycles. The van der Waals surface area contributed by atoms with Crippen molar-refractivity contribution in [3.63, 3.8) is 0 Å². The van der Waals surface area contributed by atoms with Crippen LogP contribution in [0.4, 0.5) is 0 Å². The Bertz CT molecular complexity index is 529. The van der Waals surface area contributed by atoms with Crippen LogP contribution < -0.4 is 10.0 Å². The zero-order valence-corrected chi connectivity index (χ0v) is 13.4. The van der Waals surface area contributed by atoms with Gasteiger partial charge in [0.1, 0.15) is 0 Å². The Labute approximate surface area is 121 Å². The lowest BCUT2D eigenvalue weighted by Crippen LogP contribution is -2.33. The second kappa shape index (κ2) is 7.73. The van der Waals surface area contributed by atoms with E-state index in [4.69, 9.17) is 4.74 Å². The van der Waals surface area contributed by atoms with Gasteiger partial charge < -0.3 is 10.1 Å². The quantitative estimate of drug-likeness (QED) is 0.762. The molecule has 114 valence electrons. The molecule has 0 radical (unpaired) electrons. The smallest absolute Gasteiger partial charge is 0.240 e. The predicted molar refractivity (Wildman–Crippen MR) is 80.2 cm³/mol. The molecule has 20 heavy (non-hydrogen) atoms. The first-order chi connectivity index (χ1) is 9.40. The van der Waals surface area contributed by atoms with Crippen molar-refractivity contribution in [2.24, 2.45) is 0 Å². The van der Waals surface area contributed by atoms with Gasteiger partial charge in [-0.05, 0) is 50.6 Å². The van der Waals surface area contributed by atoms with E-state index in [1.807, 2.05) is 27.0 Å². The highest BCUT2D eigenvalue weighted by atomic mass is 32.2. The zero-order chi connectivity index (χ0) is 15.2. The van der Waals surface area contributed by atoms with Crippen molar-refractivity contribution in [2.45, 2.75) is 37.8 Å². The van der Waals surface area contributed by atoms with Crippen LogP contribution in [0.3, 0.4) is 0 Å². The molecule has 0 aromatic heterocycles. The van der Waals surface area contributed by atoms with Crippen LogP contribution in [0.15, 0.2) is 23.1 Å². The van der Waals surface area contributed by atoms with Crippen molar-refractivity contribution in [1.29, 1.82) is 0 Å². The molecule has 0 aliphatic carbocycles. The summed E-state index contributed by atoms with van der Waals surface area (Å²) in [5, 5.41) is 3.04. The van der Waals surface area contributed by atoms with E-state index in [-0.39, 0.29) is 6.04 Å². The fourth-order valence-corrected chi connectivity index (χ4v) is 3.21. The second-order valence-corrected chi connectivity index (χ2v) is 6.64. The van der Waals surface area contributed by atoms with Gasteiger partial charge in [-0.25, -0.2) is 13.1 Å². The number of benzene rings is 1. The van der Waals surface area contributed by atoms with Crippen molar-refractivity contribution in [1.82, 2.24) is 10.0 Å². The average Bonchev–Trinajstić information content (AvgIpc) is 2.38. The van der Waals surface area contributed by atoms with Crippen molar-refractivity contribution in [2.75, 3.05) is 20.8 Å². The first-order valence-electron chi connectivity index (χ1n) is 6.66. The van der Waals surface area contributed by atoms with Crippen LogP contribution in [-0.2, 0) is 21.3 Å². The van der Waals surface area contributed by atoms with Crippen LogP contribution in [0.2, 0.25) is 0 Å². The molecule has 1 atom stereocenters. The van der Waals surface area contributed by atoms with E-state index in [2.05, 4.69) is 10.0 Å². The largest absolute Gasteiger partial charge is 0.385 e. The van der Waals surface area contributed by atoms with Gasteiger partial charge >= 0.3 is 0 Å². The Hall–Kier alpha value is -0.950. The Balaban J connectivity index is 2.89. The third-order valence-electron chi connectivity index (χ3n) is 3.11. The summed E-state index contributed by atoms with van der Waals surface area (Å²) in [6.07, 6.45) is 0.644. The number of nitrogens with one attached hydrogen (secondary N) is 2. The number of sulfonamides is 1. The molecule has 0 amide bonds. The number of rotatable bonds is 8. The van der Waals surface area contributed by atoms with Gasteiger partial charge in [0.25, 0.3) is 0 Å². The first kappa shape index (κ1) is 17.1. The maximum Gasteiger partial charge on any atom is 0.240 e. The molecule has 2 N–H and O–H groups in total. The summed E-state index contributed by atoms with van der Waals surface area (Å²) >= 11 is 0. The predicted octanol–water partition coefficient (Wildman–Crippen LogP) is 1.42. The van der Waals surface area contributed by atoms with Crippen LogP contribution >= 0.6 is 0 Å². The van der Waals surface area contributed by atoms with Crippen LogP contribution in [0, 0.1) is 6.92 Å². The minimum atomic E-state index is -3.48. The molecule has 1 aromatic rings. The van der Waals surface area contributed by atoms with Gasteiger partial charge in [-0.15, -0.1) is 0 Å². The van der Waals surface area contributed by atoms with Crippen LogP contribution in [0.1, 0.15) is 24.5 Å². The molecular weight excluding hydrogens is 276 g/mol. The zero-order valence-electron chi connectivity index (χ0n) is 12.6. The topological polar surface area (TPSA) is 67.4 Å². The molecule has 5 nitrogen and oxygen atoms in total. The van der Waals surface area contributed by atoms with Crippen molar-refractivity contribution < 1.29 is 13.2 Å². The van der Waals surface area contributed by atoms with E-state index in [9.17, 15) is 8.42 Å². The van der Waals surface area contributed by atoms with Crippen molar-refractivity contribution in [3.05, 3.63) is 29.3 Å². The Morgan fingerprint density at radius 1 is 1.35 bits per heavy atom. The maximum absolute atomic E-state index is 12.3. The molecule has 1 unspecified atom stereocenters. The van der Waals surface area contributed by atoms with E-state index < -0.39 is 10.0 Å². The molecule has 1 rings (SSSR count). The molecule has 0 saturated heterocycles. The van der Waals surface area contributed by atoms with Gasteiger partial charge in [0.15, 0.2) is 0 Å². The maximum atomic E-state index is 12.3. The van der Waals surface area contributed by atoms with Gasteiger partial charge in [0.2, 0.25) is 10.0 Å². The molecule has 0 spiro atoms. The third-order valence-corrected chi connectivity index (χ3v) is 4.70. The number of ether oxygens (including phenoxy) is 1. The third kappa shape index (κ3) is 4.86. The minimum absolute atomic E-state index is 0.158. The average molecular weight is 300 g/mol. The summed E-state index contributed by atoms with van der Waals surface area (Å²) in [4.78, 5) is 0.303. The first-order valence-corrected chi connectivity index (χ1v) is 8.14. The SMILES string of the molecule is CNCc1cc(S(=O)(=O)NC(C)CCOC)ccc1C. The summed E-state index contributed by atoms with van der Waals surface area (Å²) in [5.41, 5.74) is 2.06. The molecular formula is C14H24N2O3S.